The maximum atomic E-state index is 12.9. The summed E-state index contributed by atoms with van der Waals surface area (Å²) in [4.78, 5) is 24.9. The fraction of sp³-hybridized carbons (Fsp3) is 0.429. The van der Waals surface area contributed by atoms with Crippen LogP contribution in [0.4, 0.5) is 0 Å². The third-order valence-electron chi connectivity index (χ3n) is 5.31. The number of carbonyl (C=O) groups is 1. The summed E-state index contributed by atoms with van der Waals surface area (Å²) in [5.74, 6) is -0.633. The Kier molecular flexibility index (Phi) is 6.44. The van der Waals surface area contributed by atoms with Gasteiger partial charge in [-0.3, -0.25) is 4.79 Å². The minimum atomic E-state index is -2.00. The van der Waals surface area contributed by atoms with Gasteiger partial charge in [-0.25, -0.2) is 4.79 Å². The van der Waals surface area contributed by atoms with E-state index in [0.29, 0.717) is 6.61 Å². The van der Waals surface area contributed by atoms with Crippen molar-refractivity contribution < 1.29 is 14.0 Å². The van der Waals surface area contributed by atoms with Gasteiger partial charge in [0.15, 0.2) is 8.32 Å². The molecule has 0 N–H and O–H groups in total. The number of ether oxygens (including phenoxy) is 1. The van der Waals surface area contributed by atoms with Crippen LogP contribution < -0.4 is 5.56 Å². The molecule has 0 unspecified atom stereocenters. The molecule has 0 fully saturated rings. The van der Waals surface area contributed by atoms with Crippen LogP contribution in [0.2, 0.25) is 18.1 Å². The van der Waals surface area contributed by atoms with Gasteiger partial charge in [-0.2, -0.15) is 0 Å². The summed E-state index contributed by atoms with van der Waals surface area (Å²) in [7, 11) is -0.728. The lowest BCUT2D eigenvalue weighted by atomic mass is 10.1. The zero-order valence-electron chi connectivity index (χ0n) is 17.0. The highest BCUT2D eigenvalue weighted by molar-refractivity contribution is 6.74. The molecule has 1 aromatic heterocycles. The van der Waals surface area contributed by atoms with Gasteiger partial charge in [-0.1, -0.05) is 51.1 Å². The van der Waals surface area contributed by atoms with Crippen LogP contribution in [-0.4, -0.2) is 32.6 Å². The molecule has 146 valence electrons. The van der Waals surface area contributed by atoms with E-state index in [9.17, 15) is 9.59 Å². The molecule has 0 aliphatic carbocycles. The summed E-state index contributed by atoms with van der Waals surface area (Å²) in [5, 5.41) is 0.0626. The van der Waals surface area contributed by atoms with E-state index in [1.54, 1.807) is 16.8 Å². The van der Waals surface area contributed by atoms with Gasteiger partial charge in [-0.05, 0) is 35.8 Å². The lowest BCUT2D eigenvalue weighted by Gasteiger charge is -2.37. The summed E-state index contributed by atoms with van der Waals surface area (Å²) in [6.07, 6.45) is 1.70. The molecule has 5 nitrogen and oxygen atoms in total. The molecule has 0 bridgehead atoms. The molecule has 6 heteroatoms. The van der Waals surface area contributed by atoms with E-state index in [0.717, 1.165) is 5.56 Å². The van der Waals surface area contributed by atoms with Crippen molar-refractivity contribution in [1.82, 2.24) is 4.57 Å². The molecule has 0 amide bonds. The van der Waals surface area contributed by atoms with Crippen molar-refractivity contribution in [2.75, 3.05) is 13.7 Å². The number of aromatic nitrogens is 1. The molecular formula is C21H29NO4Si. The topological polar surface area (TPSA) is 57.5 Å². The van der Waals surface area contributed by atoms with E-state index < -0.39 is 14.3 Å². The number of nitrogens with zero attached hydrogens (tertiary/aromatic N) is 1. The fourth-order valence-electron chi connectivity index (χ4n) is 2.54. The maximum absolute atomic E-state index is 12.9. The molecule has 2 rings (SSSR count). The van der Waals surface area contributed by atoms with Crippen molar-refractivity contribution in [3.63, 3.8) is 0 Å². The molecule has 0 saturated heterocycles. The Balaban J connectivity index is 2.47. The van der Waals surface area contributed by atoms with Crippen LogP contribution in [-0.2, 0) is 9.16 Å². The third-order valence-corrected chi connectivity index (χ3v) is 9.81. The first-order chi connectivity index (χ1) is 12.6. The second-order valence-corrected chi connectivity index (χ2v) is 12.9. The predicted octanol–water partition coefficient (Wildman–Crippen LogP) is 4.25. The highest BCUT2D eigenvalue weighted by Gasteiger charge is 2.38. The number of hydrogen-bond donors (Lipinski definition) is 0. The zero-order valence-corrected chi connectivity index (χ0v) is 18.0. The smallest absolute Gasteiger partial charge is 0.343 e. The predicted molar refractivity (Wildman–Crippen MR) is 110 cm³/mol. The number of benzene rings is 1. The van der Waals surface area contributed by atoms with Gasteiger partial charge < -0.3 is 13.7 Å². The van der Waals surface area contributed by atoms with E-state index >= 15 is 0 Å². The first-order valence-corrected chi connectivity index (χ1v) is 12.0. The van der Waals surface area contributed by atoms with Crippen molar-refractivity contribution in [2.24, 2.45) is 0 Å². The fourth-order valence-corrected chi connectivity index (χ4v) is 3.54. The first kappa shape index (κ1) is 21.1. The minimum Gasteiger partial charge on any atom is -0.465 e. The second-order valence-electron chi connectivity index (χ2n) is 8.12. The second kappa shape index (κ2) is 8.23. The summed E-state index contributed by atoms with van der Waals surface area (Å²) < 4.78 is 12.7. The van der Waals surface area contributed by atoms with Crippen LogP contribution >= 0.6 is 0 Å². The standard InChI is InChI=1S/C21H29NO4Si/c1-21(2,3)27(5,6)26-15-18(16-11-8-7-9-12-16)22-14-10-13-17(19(22)23)20(24)25-4/h7-14,18H,15H2,1-6H3/t18-/m0/s1. The van der Waals surface area contributed by atoms with Gasteiger partial charge in [-0.15, -0.1) is 0 Å². The highest BCUT2D eigenvalue weighted by atomic mass is 28.4. The van der Waals surface area contributed by atoms with Crippen molar-refractivity contribution in [3.05, 3.63) is 70.1 Å². The summed E-state index contributed by atoms with van der Waals surface area (Å²) in [6, 6.07) is 12.6. The Morgan fingerprint density at radius 1 is 1.11 bits per heavy atom. The Morgan fingerprint density at radius 3 is 2.30 bits per heavy atom. The van der Waals surface area contributed by atoms with Gasteiger partial charge in [0.05, 0.1) is 19.8 Å². The van der Waals surface area contributed by atoms with Crippen molar-refractivity contribution in [3.8, 4) is 0 Å². The van der Waals surface area contributed by atoms with E-state index in [2.05, 4.69) is 33.9 Å². The number of pyridine rings is 1. The van der Waals surface area contributed by atoms with Gasteiger partial charge in [0.25, 0.3) is 5.56 Å². The van der Waals surface area contributed by atoms with Crippen molar-refractivity contribution in [1.29, 1.82) is 0 Å². The Bertz CT molecular complexity index is 837. The maximum Gasteiger partial charge on any atom is 0.343 e. The molecular weight excluding hydrogens is 358 g/mol. The molecule has 0 saturated carbocycles. The van der Waals surface area contributed by atoms with Crippen LogP contribution in [0, 0.1) is 0 Å². The number of rotatable bonds is 6. The van der Waals surface area contributed by atoms with Crippen LogP contribution in [0.3, 0.4) is 0 Å². The molecule has 1 aromatic carbocycles. The van der Waals surface area contributed by atoms with Crippen LogP contribution in [0.1, 0.15) is 42.7 Å². The van der Waals surface area contributed by atoms with Gasteiger partial charge >= 0.3 is 5.97 Å². The molecule has 0 radical (unpaired) electrons. The van der Waals surface area contributed by atoms with Gasteiger partial charge in [0.2, 0.25) is 0 Å². The molecule has 0 aliphatic heterocycles. The largest absolute Gasteiger partial charge is 0.465 e. The molecule has 0 aliphatic rings. The number of esters is 1. The van der Waals surface area contributed by atoms with Crippen LogP contribution in [0.25, 0.3) is 0 Å². The number of hydrogen-bond acceptors (Lipinski definition) is 4. The molecule has 1 atom stereocenters. The zero-order chi connectivity index (χ0) is 20.2. The molecule has 1 heterocycles. The third kappa shape index (κ3) is 4.76. The average Bonchev–Trinajstić information content (AvgIpc) is 2.62. The Labute approximate surface area is 162 Å². The molecule has 0 spiro atoms. The molecule has 27 heavy (non-hydrogen) atoms. The average molecular weight is 388 g/mol. The van der Waals surface area contributed by atoms with E-state index in [1.807, 2.05) is 30.3 Å². The lowest BCUT2D eigenvalue weighted by molar-refractivity contribution is 0.0597. The van der Waals surface area contributed by atoms with Crippen LogP contribution in [0.5, 0.6) is 0 Å². The summed E-state index contributed by atoms with van der Waals surface area (Å²) >= 11 is 0. The highest BCUT2D eigenvalue weighted by Crippen LogP contribution is 2.37. The van der Waals surface area contributed by atoms with Crippen molar-refractivity contribution in [2.45, 2.75) is 44.9 Å². The quantitative estimate of drug-likeness (QED) is 0.549. The van der Waals surface area contributed by atoms with Crippen LogP contribution in [0.15, 0.2) is 53.5 Å². The summed E-state index contributed by atoms with van der Waals surface area (Å²) in [5.41, 5.74) is 0.602. The monoisotopic (exact) mass is 387 g/mol. The van der Waals surface area contributed by atoms with E-state index in [-0.39, 0.29) is 22.2 Å². The van der Waals surface area contributed by atoms with Crippen molar-refractivity contribution >= 4 is 14.3 Å². The lowest BCUT2D eigenvalue weighted by Crippen LogP contribution is -2.43. The minimum absolute atomic E-state index is 0.0215. The SMILES string of the molecule is COC(=O)c1cccn([C@@H](CO[Si](C)(C)C(C)(C)C)c2ccccc2)c1=O. The molecule has 2 aromatic rings. The summed E-state index contributed by atoms with van der Waals surface area (Å²) in [6.45, 7) is 11.3. The van der Waals surface area contributed by atoms with Gasteiger partial charge in [0.1, 0.15) is 5.56 Å². The Morgan fingerprint density at radius 2 is 1.74 bits per heavy atom. The van der Waals surface area contributed by atoms with E-state index in [1.165, 1.54) is 13.2 Å². The first-order valence-electron chi connectivity index (χ1n) is 9.07. The number of methoxy groups -OCH3 is 1. The number of carbonyl (C=O) groups excluding carboxylic acids is 1. The van der Waals surface area contributed by atoms with Gasteiger partial charge in [0, 0.05) is 6.20 Å². The Hall–Kier alpha value is -2.18. The van der Waals surface area contributed by atoms with E-state index in [4.69, 9.17) is 9.16 Å². The normalized spacial score (nSPS) is 13.3.